The predicted octanol–water partition coefficient (Wildman–Crippen LogP) is 5.78. The summed E-state index contributed by atoms with van der Waals surface area (Å²) in [5, 5.41) is 5.93. The average molecular weight is 468 g/mol. The Bertz CT molecular complexity index is 1340. The van der Waals surface area contributed by atoms with Crippen molar-refractivity contribution >= 4 is 40.4 Å². The molecule has 0 bridgehead atoms. The molecule has 3 aromatic rings. The van der Waals surface area contributed by atoms with E-state index in [-0.39, 0.29) is 17.2 Å². The number of nitrogens with one attached hydrogen (secondary N) is 2. The van der Waals surface area contributed by atoms with Gasteiger partial charge >= 0.3 is 0 Å². The molecule has 35 heavy (non-hydrogen) atoms. The third-order valence-electron chi connectivity index (χ3n) is 6.02. The van der Waals surface area contributed by atoms with Crippen molar-refractivity contribution in [2.75, 3.05) is 15.5 Å². The number of nitrogens with zero attached hydrogens (tertiary/aromatic N) is 1. The summed E-state index contributed by atoms with van der Waals surface area (Å²) in [5.74, 6) is -0.598. The van der Waals surface area contributed by atoms with Crippen LogP contribution in [0.15, 0.2) is 72.4 Å². The number of amides is 3. The Kier molecular flexibility index (Phi) is 6.56. The van der Waals surface area contributed by atoms with Crippen LogP contribution in [0.1, 0.15) is 48.9 Å². The van der Waals surface area contributed by atoms with Crippen molar-refractivity contribution in [1.82, 2.24) is 0 Å². The highest BCUT2D eigenvalue weighted by atomic mass is 16.2. The number of carbonyl (C=O) groups excluding carboxylic acids is 3. The SMILES string of the molecule is CC(=O)Nc1ccc(C2=C(Nc3ccc(C(C)C)cc3)C(=O)N(c3ccc(C)cc3C)C2=O)cc1. The van der Waals surface area contributed by atoms with E-state index in [1.807, 2.05) is 50.2 Å². The molecule has 6 nitrogen and oxygen atoms in total. The van der Waals surface area contributed by atoms with E-state index < -0.39 is 11.8 Å². The van der Waals surface area contributed by atoms with E-state index >= 15 is 0 Å². The standard InChI is InChI=1S/C29H29N3O3/c1-17(2)21-7-11-24(12-8-21)31-27-26(22-9-13-23(14-10-22)30-20(5)33)28(34)32(29(27)35)25-15-6-18(3)16-19(25)4/h6-17,31H,1-5H3,(H,30,33). The number of hydrogen-bond donors (Lipinski definition) is 2. The monoisotopic (exact) mass is 467 g/mol. The quantitative estimate of drug-likeness (QED) is 0.450. The summed E-state index contributed by atoms with van der Waals surface area (Å²) in [6.45, 7) is 9.53. The molecule has 0 atom stereocenters. The van der Waals surface area contributed by atoms with Gasteiger partial charge in [0.1, 0.15) is 5.70 Å². The van der Waals surface area contributed by atoms with Crippen LogP contribution in [-0.2, 0) is 14.4 Å². The molecule has 0 aliphatic carbocycles. The number of hydrogen-bond acceptors (Lipinski definition) is 4. The normalized spacial score (nSPS) is 13.6. The van der Waals surface area contributed by atoms with Crippen molar-refractivity contribution in [1.29, 1.82) is 0 Å². The van der Waals surface area contributed by atoms with Crippen molar-refractivity contribution in [3.8, 4) is 0 Å². The molecule has 2 N–H and O–H groups in total. The zero-order valence-electron chi connectivity index (χ0n) is 20.6. The highest BCUT2D eigenvalue weighted by Gasteiger charge is 2.40. The Balaban J connectivity index is 1.78. The van der Waals surface area contributed by atoms with E-state index in [2.05, 4.69) is 24.5 Å². The Labute approximate surface area is 205 Å². The number of benzene rings is 3. The van der Waals surface area contributed by atoms with Crippen molar-refractivity contribution in [2.45, 2.75) is 40.5 Å². The molecule has 6 heteroatoms. The van der Waals surface area contributed by atoms with Gasteiger partial charge in [-0.2, -0.15) is 0 Å². The van der Waals surface area contributed by atoms with Gasteiger partial charge in [-0.25, -0.2) is 4.90 Å². The van der Waals surface area contributed by atoms with Gasteiger partial charge < -0.3 is 10.6 Å². The Morgan fingerprint density at radius 2 is 1.46 bits per heavy atom. The summed E-state index contributed by atoms with van der Waals surface area (Å²) in [6.07, 6.45) is 0. The zero-order valence-corrected chi connectivity index (χ0v) is 20.6. The predicted molar refractivity (Wildman–Crippen MR) is 140 cm³/mol. The first-order chi connectivity index (χ1) is 16.7. The van der Waals surface area contributed by atoms with E-state index in [4.69, 9.17) is 0 Å². The summed E-state index contributed by atoms with van der Waals surface area (Å²) in [5.41, 5.74) is 6.08. The summed E-state index contributed by atoms with van der Waals surface area (Å²) in [6, 6.07) is 20.4. The van der Waals surface area contributed by atoms with Crippen molar-refractivity contribution in [3.63, 3.8) is 0 Å². The van der Waals surface area contributed by atoms with Crippen LogP contribution in [0.25, 0.3) is 5.57 Å². The van der Waals surface area contributed by atoms with Crippen LogP contribution in [0.4, 0.5) is 17.1 Å². The Hall–Kier alpha value is -4.19. The topological polar surface area (TPSA) is 78.5 Å². The molecular weight excluding hydrogens is 438 g/mol. The van der Waals surface area contributed by atoms with Crippen LogP contribution < -0.4 is 15.5 Å². The van der Waals surface area contributed by atoms with Crippen LogP contribution in [0.2, 0.25) is 0 Å². The van der Waals surface area contributed by atoms with Gasteiger partial charge in [0.05, 0.1) is 11.3 Å². The summed E-state index contributed by atoms with van der Waals surface area (Å²) >= 11 is 0. The second-order valence-corrected chi connectivity index (χ2v) is 9.15. The molecule has 1 aliphatic heterocycles. The Morgan fingerprint density at radius 1 is 0.829 bits per heavy atom. The summed E-state index contributed by atoms with van der Waals surface area (Å²) in [4.78, 5) is 40.0. The van der Waals surface area contributed by atoms with Crippen LogP contribution in [0.3, 0.4) is 0 Å². The highest BCUT2D eigenvalue weighted by Crippen LogP contribution is 2.36. The lowest BCUT2D eigenvalue weighted by molar-refractivity contribution is -0.120. The van der Waals surface area contributed by atoms with Gasteiger partial charge in [0.2, 0.25) is 5.91 Å². The Morgan fingerprint density at radius 3 is 2.03 bits per heavy atom. The van der Waals surface area contributed by atoms with E-state index in [1.54, 1.807) is 30.3 Å². The maximum atomic E-state index is 13.7. The molecule has 0 aromatic heterocycles. The molecule has 178 valence electrons. The molecule has 3 aromatic carbocycles. The van der Waals surface area contributed by atoms with Gasteiger partial charge in [-0.1, -0.05) is 55.8 Å². The fraction of sp³-hybridized carbons (Fsp3) is 0.207. The van der Waals surface area contributed by atoms with E-state index in [0.717, 1.165) is 16.8 Å². The highest BCUT2D eigenvalue weighted by molar-refractivity contribution is 6.46. The molecule has 0 saturated carbocycles. The lowest BCUT2D eigenvalue weighted by atomic mass is 10.0. The van der Waals surface area contributed by atoms with Crippen molar-refractivity contribution in [2.24, 2.45) is 0 Å². The van der Waals surface area contributed by atoms with Crippen molar-refractivity contribution in [3.05, 3.63) is 94.7 Å². The minimum Gasteiger partial charge on any atom is -0.350 e. The fourth-order valence-corrected chi connectivity index (χ4v) is 4.21. The molecule has 0 fully saturated rings. The maximum Gasteiger partial charge on any atom is 0.282 e. The second-order valence-electron chi connectivity index (χ2n) is 9.15. The fourth-order valence-electron chi connectivity index (χ4n) is 4.21. The molecule has 0 saturated heterocycles. The molecule has 0 unspecified atom stereocenters. The van der Waals surface area contributed by atoms with E-state index in [9.17, 15) is 14.4 Å². The number of carbonyl (C=O) groups is 3. The van der Waals surface area contributed by atoms with Gasteiger partial charge in [-0.3, -0.25) is 14.4 Å². The third-order valence-corrected chi connectivity index (χ3v) is 6.02. The first-order valence-electron chi connectivity index (χ1n) is 11.6. The van der Waals surface area contributed by atoms with Gasteiger partial charge in [0, 0.05) is 18.3 Å². The lowest BCUT2D eigenvalue weighted by Gasteiger charge is -2.18. The number of rotatable bonds is 6. The van der Waals surface area contributed by atoms with Crippen molar-refractivity contribution < 1.29 is 14.4 Å². The van der Waals surface area contributed by atoms with Crippen LogP contribution in [0, 0.1) is 13.8 Å². The number of aryl methyl sites for hydroxylation is 2. The van der Waals surface area contributed by atoms with Gasteiger partial charge in [-0.15, -0.1) is 0 Å². The number of anilines is 3. The molecular formula is C29H29N3O3. The largest absolute Gasteiger partial charge is 0.350 e. The van der Waals surface area contributed by atoms with Crippen LogP contribution in [0.5, 0.6) is 0 Å². The van der Waals surface area contributed by atoms with E-state index in [0.29, 0.717) is 22.9 Å². The lowest BCUT2D eigenvalue weighted by Crippen LogP contribution is -2.33. The maximum absolute atomic E-state index is 13.7. The average Bonchev–Trinajstić information content (AvgIpc) is 3.04. The second kappa shape index (κ2) is 9.58. The summed E-state index contributed by atoms with van der Waals surface area (Å²) < 4.78 is 0. The molecule has 3 amide bonds. The summed E-state index contributed by atoms with van der Waals surface area (Å²) in [7, 11) is 0. The molecule has 4 rings (SSSR count). The minimum atomic E-state index is -0.407. The molecule has 1 heterocycles. The minimum absolute atomic E-state index is 0.183. The first kappa shape index (κ1) is 24.0. The number of imide groups is 1. The van der Waals surface area contributed by atoms with Gasteiger partial charge in [-0.05, 0) is 66.8 Å². The zero-order chi connectivity index (χ0) is 25.3. The smallest absolute Gasteiger partial charge is 0.282 e. The van der Waals surface area contributed by atoms with Crippen LogP contribution >= 0.6 is 0 Å². The molecule has 1 aliphatic rings. The van der Waals surface area contributed by atoms with Crippen LogP contribution in [-0.4, -0.2) is 17.7 Å². The van der Waals surface area contributed by atoms with E-state index in [1.165, 1.54) is 17.4 Å². The van der Waals surface area contributed by atoms with Gasteiger partial charge in [0.25, 0.3) is 11.8 Å². The first-order valence-corrected chi connectivity index (χ1v) is 11.6. The molecule has 0 radical (unpaired) electrons. The van der Waals surface area contributed by atoms with Gasteiger partial charge in [0.15, 0.2) is 0 Å². The molecule has 0 spiro atoms. The third kappa shape index (κ3) is 4.87.